The highest BCUT2D eigenvalue weighted by Gasteiger charge is 2.06. The van der Waals surface area contributed by atoms with Crippen LogP contribution in [0.2, 0.25) is 0 Å². The normalized spacial score (nSPS) is 11.5. The zero-order chi connectivity index (χ0) is 9.40. The van der Waals surface area contributed by atoms with Crippen molar-refractivity contribution in [2.24, 2.45) is 0 Å². The van der Waals surface area contributed by atoms with Crippen LogP contribution in [0, 0.1) is 0 Å². The summed E-state index contributed by atoms with van der Waals surface area (Å²) in [5.74, 6) is 0. The lowest BCUT2D eigenvalue weighted by atomic mass is 10.2. The van der Waals surface area contributed by atoms with Crippen LogP contribution in [0.1, 0.15) is 40.0 Å². The van der Waals surface area contributed by atoms with E-state index in [0.29, 0.717) is 6.04 Å². The Kier molecular flexibility index (Phi) is 8.35. The summed E-state index contributed by atoms with van der Waals surface area (Å²) in [6, 6.07) is 0.704. The first-order valence-electron chi connectivity index (χ1n) is 5.02. The van der Waals surface area contributed by atoms with E-state index in [1.807, 2.05) is 0 Å². The fourth-order valence-corrected chi connectivity index (χ4v) is 1.50. The molecular weight excluding hydrogens is 214 g/mol. The molecule has 0 bridgehead atoms. The predicted molar refractivity (Wildman–Crippen MR) is 60.0 cm³/mol. The first-order chi connectivity index (χ1) is 5.72. The van der Waals surface area contributed by atoms with Gasteiger partial charge in [0, 0.05) is 11.4 Å². The smallest absolute Gasteiger partial charge is 0.00434 e. The summed E-state index contributed by atoms with van der Waals surface area (Å²) in [5.41, 5.74) is 0. The van der Waals surface area contributed by atoms with Gasteiger partial charge in [-0.25, -0.2) is 0 Å². The van der Waals surface area contributed by atoms with E-state index < -0.39 is 0 Å². The fourth-order valence-electron chi connectivity index (χ4n) is 1.25. The summed E-state index contributed by atoms with van der Waals surface area (Å²) in [5, 5.41) is 1.13. The van der Waals surface area contributed by atoms with Crippen molar-refractivity contribution in [3.63, 3.8) is 0 Å². The number of halogens is 1. The maximum Gasteiger partial charge on any atom is 0.00434 e. The van der Waals surface area contributed by atoms with E-state index in [2.05, 4.69) is 41.6 Å². The molecule has 0 unspecified atom stereocenters. The molecule has 0 saturated carbocycles. The highest BCUT2D eigenvalue weighted by Crippen LogP contribution is 2.03. The van der Waals surface area contributed by atoms with Gasteiger partial charge in [-0.15, -0.1) is 0 Å². The van der Waals surface area contributed by atoms with Gasteiger partial charge in [-0.05, 0) is 39.8 Å². The molecule has 0 aromatic carbocycles. The van der Waals surface area contributed by atoms with Crippen molar-refractivity contribution in [1.29, 1.82) is 0 Å². The van der Waals surface area contributed by atoms with Crippen molar-refractivity contribution in [3.05, 3.63) is 0 Å². The van der Waals surface area contributed by atoms with Crippen molar-refractivity contribution in [2.75, 3.05) is 18.4 Å². The monoisotopic (exact) mass is 235 g/mol. The Morgan fingerprint density at radius 2 is 1.75 bits per heavy atom. The molecule has 0 heterocycles. The topological polar surface area (TPSA) is 3.24 Å². The van der Waals surface area contributed by atoms with Gasteiger partial charge in [-0.1, -0.05) is 29.3 Å². The molecular formula is C10H22BrN. The first kappa shape index (κ1) is 12.4. The van der Waals surface area contributed by atoms with E-state index in [1.54, 1.807) is 0 Å². The molecule has 0 aliphatic heterocycles. The minimum absolute atomic E-state index is 0.704. The highest BCUT2D eigenvalue weighted by atomic mass is 79.9. The number of nitrogens with zero attached hydrogens (tertiary/aromatic N) is 1. The molecule has 74 valence electrons. The quantitative estimate of drug-likeness (QED) is 0.613. The van der Waals surface area contributed by atoms with Gasteiger partial charge in [-0.2, -0.15) is 0 Å². The standard InChI is InChI=1S/C10H22BrN/c1-4-5-8-12(10(2)3)9-6-7-11/h10H,4-9H2,1-3H3. The lowest BCUT2D eigenvalue weighted by molar-refractivity contribution is 0.219. The van der Waals surface area contributed by atoms with E-state index in [1.165, 1.54) is 32.4 Å². The maximum absolute atomic E-state index is 3.47. The predicted octanol–water partition coefficient (Wildman–Crippen LogP) is 3.28. The van der Waals surface area contributed by atoms with Crippen LogP contribution in [0.15, 0.2) is 0 Å². The van der Waals surface area contributed by atoms with Gasteiger partial charge in [-0.3, -0.25) is 0 Å². The number of hydrogen-bond donors (Lipinski definition) is 0. The molecule has 0 N–H and O–H groups in total. The number of hydrogen-bond acceptors (Lipinski definition) is 1. The van der Waals surface area contributed by atoms with E-state index in [4.69, 9.17) is 0 Å². The fraction of sp³-hybridized carbons (Fsp3) is 1.00. The molecule has 12 heavy (non-hydrogen) atoms. The Hall–Kier alpha value is 0.440. The van der Waals surface area contributed by atoms with Crippen LogP contribution in [0.3, 0.4) is 0 Å². The summed E-state index contributed by atoms with van der Waals surface area (Å²) in [6.07, 6.45) is 3.90. The van der Waals surface area contributed by atoms with Crippen LogP contribution in [-0.2, 0) is 0 Å². The highest BCUT2D eigenvalue weighted by molar-refractivity contribution is 9.09. The Morgan fingerprint density at radius 3 is 2.17 bits per heavy atom. The number of rotatable bonds is 7. The second kappa shape index (κ2) is 8.06. The van der Waals surface area contributed by atoms with Gasteiger partial charge in [0.05, 0.1) is 0 Å². The van der Waals surface area contributed by atoms with Gasteiger partial charge < -0.3 is 4.90 Å². The third-order valence-electron chi connectivity index (χ3n) is 2.11. The molecule has 0 aliphatic carbocycles. The minimum Gasteiger partial charge on any atom is -0.301 e. The maximum atomic E-state index is 3.47. The van der Waals surface area contributed by atoms with Crippen LogP contribution in [0.5, 0.6) is 0 Å². The minimum atomic E-state index is 0.704. The second-order valence-electron chi connectivity index (χ2n) is 3.53. The summed E-state index contributed by atoms with van der Waals surface area (Å²) >= 11 is 3.47. The SMILES string of the molecule is CCCCN(CCCBr)C(C)C. The van der Waals surface area contributed by atoms with Crippen molar-refractivity contribution in [2.45, 2.75) is 46.1 Å². The number of alkyl halides is 1. The van der Waals surface area contributed by atoms with E-state index in [-0.39, 0.29) is 0 Å². The molecule has 0 radical (unpaired) electrons. The Labute approximate surface area is 85.7 Å². The third kappa shape index (κ3) is 6.01. The Morgan fingerprint density at radius 1 is 1.17 bits per heavy atom. The molecule has 2 heteroatoms. The zero-order valence-corrected chi connectivity index (χ0v) is 10.2. The largest absolute Gasteiger partial charge is 0.301 e. The average Bonchev–Trinajstić information content (AvgIpc) is 2.04. The lowest BCUT2D eigenvalue weighted by Crippen LogP contribution is -2.32. The van der Waals surface area contributed by atoms with Crippen LogP contribution in [0.4, 0.5) is 0 Å². The number of unbranched alkanes of at least 4 members (excludes halogenated alkanes) is 1. The molecule has 0 atom stereocenters. The molecule has 1 nitrogen and oxygen atoms in total. The lowest BCUT2D eigenvalue weighted by Gasteiger charge is -2.25. The van der Waals surface area contributed by atoms with Gasteiger partial charge >= 0.3 is 0 Å². The second-order valence-corrected chi connectivity index (χ2v) is 4.32. The van der Waals surface area contributed by atoms with Gasteiger partial charge in [0.25, 0.3) is 0 Å². The van der Waals surface area contributed by atoms with Crippen molar-refractivity contribution in [3.8, 4) is 0 Å². The summed E-state index contributed by atoms with van der Waals surface area (Å²) in [4.78, 5) is 2.56. The molecule has 0 spiro atoms. The van der Waals surface area contributed by atoms with Crippen LogP contribution in [-0.4, -0.2) is 29.4 Å². The van der Waals surface area contributed by atoms with Crippen LogP contribution >= 0.6 is 15.9 Å². The van der Waals surface area contributed by atoms with Crippen molar-refractivity contribution < 1.29 is 0 Å². The first-order valence-corrected chi connectivity index (χ1v) is 6.14. The summed E-state index contributed by atoms with van der Waals surface area (Å²) in [6.45, 7) is 9.32. The van der Waals surface area contributed by atoms with Gasteiger partial charge in [0.2, 0.25) is 0 Å². The van der Waals surface area contributed by atoms with Gasteiger partial charge in [0.1, 0.15) is 0 Å². The molecule has 0 aromatic heterocycles. The Bertz CT molecular complexity index is 85.8. The summed E-state index contributed by atoms with van der Waals surface area (Å²) < 4.78 is 0. The molecule has 0 fully saturated rings. The van der Waals surface area contributed by atoms with Crippen molar-refractivity contribution >= 4 is 15.9 Å². The van der Waals surface area contributed by atoms with Gasteiger partial charge in [0.15, 0.2) is 0 Å². The average molecular weight is 236 g/mol. The molecule has 0 aromatic rings. The summed E-state index contributed by atoms with van der Waals surface area (Å²) in [7, 11) is 0. The van der Waals surface area contributed by atoms with Crippen molar-refractivity contribution in [1.82, 2.24) is 4.90 Å². The van der Waals surface area contributed by atoms with E-state index >= 15 is 0 Å². The molecule has 0 rings (SSSR count). The zero-order valence-electron chi connectivity index (χ0n) is 8.65. The molecule has 0 saturated heterocycles. The van der Waals surface area contributed by atoms with Crippen LogP contribution < -0.4 is 0 Å². The van der Waals surface area contributed by atoms with Crippen LogP contribution in [0.25, 0.3) is 0 Å². The van der Waals surface area contributed by atoms with E-state index in [9.17, 15) is 0 Å². The third-order valence-corrected chi connectivity index (χ3v) is 2.67. The Balaban J connectivity index is 3.55. The van der Waals surface area contributed by atoms with E-state index in [0.717, 1.165) is 5.33 Å². The molecule has 0 aliphatic rings. The molecule has 0 amide bonds.